The largest absolute Gasteiger partial charge is 0.378 e. The predicted molar refractivity (Wildman–Crippen MR) is 82.0 cm³/mol. The minimum absolute atomic E-state index is 0.150. The number of hydrogen-bond acceptors (Lipinski definition) is 3. The van der Waals surface area contributed by atoms with E-state index in [1.807, 2.05) is 17.0 Å². The number of amides is 1. The van der Waals surface area contributed by atoms with Crippen LogP contribution in [0, 0.1) is 11.7 Å². The number of hydrogen-bond donors (Lipinski definition) is 1. The van der Waals surface area contributed by atoms with Crippen molar-refractivity contribution in [3.63, 3.8) is 0 Å². The Labute approximate surface area is 130 Å². The molecular formula is C17H23FN2O2. The molecule has 120 valence electrons. The van der Waals surface area contributed by atoms with Gasteiger partial charge in [0.25, 0.3) is 0 Å². The Hall–Kier alpha value is -1.46. The third-order valence-corrected chi connectivity index (χ3v) is 4.50. The average Bonchev–Trinajstić information content (AvgIpc) is 2.99. The highest BCUT2D eigenvalue weighted by atomic mass is 19.1. The molecule has 0 spiro atoms. The second-order valence-electron chi connectivity index (χ2n) is 6.26. The van der Waals surface area contributed by atoms with Crippen LogP contribution in [0.4, 0.5) is 4.39 Å². The van der Waals surface area contributed by atoms with Crippen molar-refractivity contribution < 1.29 is 13.9 Å². The van der Waals surface area contributed by atoms with E-state index in [4.69, 9.17) is 4.74 Å². The maximum atomic E-state index is 12.9. The van der Waals surface area contributed by atoms with Crippen LogP contribution in [-0.4, -0.2) is 49.7 Å². The van der Waals surface area contributed by atoms with Crippen LogP contribution in [0.3, 0.4) is 0 Å². The van der Waals surface area contributed by atoms with Gasteiger partial charge in [0.05, 0.1) is 13.2 Å². The second-order valence-corrected chi connectivity index (χ2v) is 6.26. The summed E-state index contributed by atoms with van der Waals surface area (Å²) in [5, 5.41) is 3.32. The summed E-state index contributed by atoms with van der Waals surface area (Å²) < 4.78 is 18.3. The molecule has 22 heavy (non-hydrogen) atoms. The van der Waals surface area contributed by atoms with Crippen LogP contribution in [-0.2, 0) is 16.0 Å². The maximum absolute atomic E-state index is 12.9. The monoisotopic (exact) mass is 306 g/mol. The zero-order chi connectivity index (χ0) is 15.4. The minimum Gasteiger partial charge on any atom is -0.378 e. The van der Waals surface area contributed by atoms with Gasteiger partial charge in [0.2, 0.25) is 5.91 Å². The zero-order valence-corrected chi connectivity index (χ0v) is 12.8. The molecule has 3 rings (SSSR count). The van der Waals surface area contributed by atoms with Gasteiger partial charge in [0.1, 0.15) is 5.82 Å². The van der Waals surface area contributed by atoms with Gasteiger partial charge in [-0.3, -0.25) is 4.79 Å². The standard InChI is InChI=1S/C17H23FN2O2/c18-15-3-1-13(2-4-15)9-14-5-7-20(11-14)17(21)10-16-12-22-8-6-19-16/h1-4,14,16,19H,5-12H2. The molecule has 1 aromatic carbocycles. The summed E-state index contributed by atoms with van der Waals surface area (Å²) in [4.78, 5) is 14.3. The van der Waals surface area contributed by atoms with Gasteiger partial charge in [-0.15, -0.1) is 0 Å². The van der Waals surface area contributed by atoms with Gasteiger partial charge in [-0.1, -0.05) is 12.1 Å². The van der Waals surface area contributed by atoms with E-state index in [0.717, 1.165) is 44.6 Å². The SMILES string of the molecule is O=C(CC1COCCN1)N1CCC(Cc2ccc(F)cc2)C1. The lowest BCUT2D eigenvalue weighted by Gasteiger charge is -2.25. The molecule has 1 aromatic rings. The van der Waals surface area contributed by atoms with E-state index < -0.39 is 0 Å². The normalized spacial score (nSPS) is 25.4. The number of halogens is 1. The first kappa shape index (κ1) is 15.4. The molecule has 2 aliphatic rings. The summed E-state index contributed by atoms with van der Waals surface area (Å²) in [7, 11) is 0. The van der Waals surface area contributed by atoms with Crippen LogP contribution >= 0.6 is 0 Å². The quantitative estimate of drug-likeness (QED) is 0.918. The molecule has 2 fully saturated rings. The highest BCUT2D eigenvalue weighted by molar-refractivity contribution is 5.77. The van der Waals surface area contributed by atoms with Gasteiger partial charge in [-0.05, 0) is 36.5 Å². The highest BCUT2D eigenvalue weighted by Crippen LogP contribution is 2.22. The summed E-state index contributed by atoms with van der Waals surface area (Å²) in [6.45, 7) is 3.82. The lowest BCUT2D eigenvalue weighted by atomic mass is 9.99. The van der Waals surface area contributed by atoms with Gasteiger partial charge < -0.3 is 15.0 Å². The van der Waals surface area contributed by atoms with Crippen LogP contribution in [0.15, 0.2) is 24.3 Å². The van der Waals surface area contributed by atoms with Crippen LogP contribution in [0.2, 0.25) is 0 Å². The van der Waals surface area contributed by atoms with Gasteiger partial charge in [0, 0.05) is 32.1 Å². The summed E-state index contributed by atoms with van der Waals surface area (Å²) >= 11 is 0. The molecule has 2 unspecified atom stereocenters. The Morgan fingerprint density at radius 2 is 2.18 bits per heavy atom. The van der Waals surface area contributed by atoms with E-state index in [1.165, 1.54) is 12.1 Å². The van der Waals surface area contributed by atoms with Crippen molar-refractivity contribution in [2.75, 3.05) is 32.8 Å². The topological polar surface area (TPSA) is 41.6 Å². The molecule has 5 heteroatoms. The fourth-order valence-corrected chi connectivity index (χ4v) is 3.27. The van der Waals surface area contributed by atoms with Gasteiger partial charge >= 0.3 is 0 Å². The number of morpholine rings is 1. The first-order valence-electron chi connectivity index (χ1n) is 8.04. The zero-order valence-electron chi connectivity index (χ0n) is 12.8. The predicted octanol–water partition coefficient (Wildman–Crippen LogP) is 1.60. The highest BCUT2D eigenvalue weighted by Gasteiger charge is 2.28. The number of carbonyl (C=O) groups is 1. The van der Waals surface area contributed by atoms with Crippen molar-refractivity contribution in [2.45, 2.75) is 25.3 Å². The fraction of sp³-hybridized carbons (Fsp3) is 0.588. The van der Waals surface area contributed by atoms with Crippen LogP contribution in [0.1, 0.15) is 18.4 Å². The number of nitrogens with one attached hydrogen (secondary N) is 1. The molecule has 4 nitrogen and oxygen atoms in total. The molecule has 0 aliphatic carbocycles. The maximum Gasteiger partial charge on any atom is 0.224 e. The number of likely N-dealkylation sites (tertiary alicyclic amines) is 1. The Bertz CT molecular complexity index is 500. The summed E-state index contributed by atoms with van der Waals surface area (Å²) in [6.07, 6.45) is 2.45. The molecule has 2 saturated heterocycles. The lowest BCUT2D eigenvalue weighted by Crippen LogP contribution is -2.44. The van der Waals surface area contributed by atoms with E-state index in [-0.39, 0.29) is 17.8 Å². The third-order valence-electron chi connectivity index (χ3n) is 4.50. The molecule has 0 aromatic heterocycles. The molecule has 1 N–H and O–H groups in total. The van der Waals surface area contributed by atoms with Crippen molar-refractivity contribution >= 4 is 5.91 Å². The van der Waals surface area contributed by atoms with Crippen molar-refractivity contribution in [3.8, 4) is 0 Å². The summed E-state index contributed by atoms with van der Waals surface area (Å²) in [5.41, 5.74) is 1.14. The Morgan fingerprint density at radius 1 is 1.36 bits per heavy atom. The molecule has 0 bridgehead atoms. The summed E-state index contributed by atoms with van der Waals surface area (Å²) in [6, 6.07) is 6.83. The van der Waals surface area contributed by atoms with Crippen molar-refractivity contribution in [1.29, 1.82) is 0 Å². The molecule has 0 radical (unpaired) electrons. The van der Waals surface area contributed by atoms with Crippen LogP contribution < -0.4 is 5.32 Å². The second kappa shape index (κ2) is 7.20. The van der Waals surface area contributed by atoms with E-state index in [0.29, 0.717) is 18.9 Å². The van der Waals surface area contributed by atoms with Crippen LogP contribution in [0.25, 0.3) is 0 Å². The molecular weight excluding hydrogens is 283 g/mol. The van der Waals surface area contributed by atoms with Gasteiger partial charge in [0.15, 0.2) is 0 Å². The number of carbonyl (C=O) groups excluding carboxylic acids is 1. The van der Waals surface area contributed by atoms with E-state index in [9.17, 15) is 9.18 Å². The Morgan fingerprint density at radius 3 is 2.91 bits per heavy atom. The molecule has 1 amide bonds. The average molecular weight is 306 g/mol. The van der Waals surface area contributed by atoms with Gasteiger partial charge in [-0.25, -0.2) is 4.39 Å². The van der Waals surface area contributed by atoms with E-state index in [2.05, 4.69) is 5.32 Å². The van der Waals surface area contributed by atoms with E-state index in [1.54, 1.807) is 0 Å². The molecule has 2 heterocycles. The Balaban J connectivity index is 1.46. The van der Waals surface area contributed by atoms with Crippen LogP contribution in [0.5, 0.6) is 0 Å². The number of nitrogens with zero attached hydrogens (tertiary/aromatic N) is 1. The van der Waals surface area contributed by atoms with Crippen molar-refractivity contribution in [1.82, 2.24) is 10.2 Å². The van der Waals surface area contributed by atoms with Crippen molar-refractivity contribution in [2.24, 2.45) is 5.92 Å². The van der Waals surface area contributed by atoms with E-state index >= 15 is 0 Å². The Kier molecular flexibility index (Phi) is 5.05. The number of ether oxygens (including phenoxy) is 1. The first-order valence-corrected chi connectivity index (χ1v) is 8.04. The lowest BCUT2D eigenvalue weighted by molar-refractivity contribution is -0.131. The number of benzene rings is 1. The summed E-state index contributed by atoms with van der Waals surface area (Å²) in [5.74, 6) is 0.490. The smallest absolute Gasteiger partial charge is 0.224 e. The molecule has 0 saturated carbocycles. The molecule has 2 atom stereocenters. The first-order chi connectivity index (χ1) is 10.7. The molecule has 2 aliphatic heterocycles. The minimum atomic E-state index is -0.200. The fourth-order valence-electron chi connectivity index (χ4n) is 3.27. The van der Waals surface area contributed by atoms with Gasteiger partial charge in [-0.2, -0.15) is 0 Å². The number of rotatable bonds is 4. The third kappa shape index (κ3) is 4.05. The van der Waals surface area contributed by atoms with Crippen molar-refractivity contribution in [3.05, 3.63) is 35.6 Å².